The van der Waals surface area contributed by atoms with Crippen LogP contribution in [0.4, 0.5) is 0 Å². The number of hydrogen-bond acceptors (Lipinski definition) is 5. The fourth-order valence-electron chi connectivity index (χ4n) is 1.34. The van der Waals surface area contributed by atoms with Gasteiger partial charge in [-0.2, -0.15) is 0 Å². The van der Waals surface area contributed by atoms with E-state index in [0.717, 1.165) is 0 Å². The van der Waals surface area contributed by atoms with E-state index in [1.807, 2.05) is 55.4 Å². The first-order valence-electron chi connectivity index (χ1n) is 6.41. The molecule has 2 rings (SSSR count). The molecule has 0 bridgehead atoms. The molecule has 0 amide bonds. The second-order valence-corrected chi connectivity index (χ2v) is 9.21. The van der Waals surface area contributed by atoms with E-state index in [4.69, 9.17) is 22.4 Å². The standard InChI is InChI=1S/C12H24O5P2/c1-9(2)10(3,4)14-18(13-9)17-19-15-11(5,6)12(7,8)16-19/h1-8H3. The third kappa shape index (κ3) is 2.85. The summed E-state index contributed by atoms with van der Waals surface area (Å²) in [5.41, 5.74) is -1.56. The zero-order valence-electron chi connectivity index (χ0n) is 12.9. The van der Waals surface area contributed by atoms with Gasteiger partial charge in [0.15, 0.2) is 0 Å². The maximum absolute atomic E-state index is 5.84. The molecule has 2 heterocycles. The van der Waals surface area contributed by atoms with Gasteiger partial charge in [0.05, 0.1) is 0 Å². The molecule has 2 aliphatic heterocycles. The molecular weight excluding hydrogens is 286 g/mol. The van der Waals surface area contributed by atoms with E-state index < -0.39 is 39.6 Å². The molecule has 0 radical (unpaired) electrons. The highest BCUT2D eigenvalue weighted by Crippen LogP contribution is 2.69. The fraction of sp³-hybridized carbons (Fsp3) is 1.00. The highest BCUT2D eigenvalue weighted by Gasteiger charge is 2.56. The summed E-state index contributed by atoms with van der Waals surface area (Å²) in [7, 11) is -2.87. The summed E-state index contributed by atoms with van der Waals surface area (Å²) in [6.07, 6.45) is 0. The van der Waals surface area contributed by atoms with E-state index in [1.54, 1.807) is 0 Å². The highest BCUT2D eigenvalue weighted by atomic mass is 31.2. The summed E-state index contributed by atoms with van der Waals surface area (Å²) in [5, 5.41) is 0. The van der Waals surface area contributed by atoms with Crippen LogP contribution in [0, 0.1) is 0 Å². The van der Waals surface area contributed by atoms with Gasteiger partial charge in [-0.25, -0.2) is 4.31 Å². The Bertz CT molecular complexity index is 301. The van der Waals surface area contributed by atoms with Crippen LogP contribution in [0.15, 0.2) is 0 Å². The van der Waals surface area contributed by atoms with Crippen molar-refractivity contribution in [2.75, 3.05) is 0 Å². The molecule has 0 N–H and O–H groups in total. The molecule has 5 nitrogen and oxygen atoms in total. The zero-order valence-corrected chi connectivity index (χ0v) is 14.7. The Morgan fingerprint density at radius 2 is 0.737 bits per heavy atom. The van der Waals surface area contributed by atoms with Gasteiger partial charge in [0, 0.05) is 0 Å². The molecule has 0 atom stereocenters. The van der Waals surface area contributed by atoms with E-state index >= 15 is 0 Å². The predicted octanol–water partition coefficient (Wildman–Crippen LogP) is 4.66. The lowest BCUT2D eigenvalue weighted by Crippen LogP contribution is -2.41. The van der Waals surface area contributed by atoms with Crippen LogP contribution in [0.2, 0.25) is 0 Å². The average Bonchev–Trinajstić information content (AvgIpc) is 2.42. The van der Waals surface area contributed by atoms with Crippen LogP contribution < -0.4 is 0 Å². The average molecular weight is 310 g/mol. The monoisotopic (exact) mass is 310 g/mol. The van der Waals surface area contributed by atoms with Crippen LogP contribution in [0.25, 0.3) is 0 Å². The molecule has 2 aliphatic rings. The Kier molecular flexibility index (Phi) is 3.86. The SMILES string of the molecule is CC1(C)OP(OP2OC(C)(C)C(C)(C)O2)OC1(C)C. The molecule has 0 unspecified atom stereocenters. The molecule has 0 saturated carbocycles. The quantitative estimate of drug-likeness (QED) is 0.694. The van der Waals surface area contributed by atoms with Crippen molar-refractivity contribution >= 4 is 17.2 Å². The number of hydrogen-bond donors (Lipinski definition) is 0. The summed E-state index contributed by atoms with van der Waals surface area (Å²) in [4.78, 5) is 0. The minimum Gasteiger partial charge on any atom is -0.303 e. The lowest BCUT2D eigenvalue weighted by atomic mass is 9.90. The van der Waals surface area contributed by atoms with Crippen molar-refractivity contribution in [2.45, 2.75) is 77.8 Å². The molecule has 0 aliphatic carbocycles. The second kappa shape index (κ2) is 4.58. The normalized spacial score (nSPS) is 32.8. The Labute approximate surface area is 118 Å². The van der Waals surface area contributed by atoms with Gasteiger partial charge in [-0.15, -0.1) is 0 Å². The Morgan fingerprint density at radius 3 is 0.947 bits per heavy atom. The Hall–Kier alpha value is 0.660. The molecule has 0 aromatic carbocycles. The summed E-state index contributed by atoms with van der Waals surface area (Å²) in [6, 6.07) is 0. The molecule has 19 heavy (non-hydrogen) atoms. The first kappa shape index (κ1) is 16.0. The maximum Gasteiger partial charge on any atom is 0.341 e. The van der Waals surface area contributed by atoms with Gasteiger partial charge < -0.3 is 18.1 Å². The first-order valence-corrected chi connectivity index (χ1v) is 8.60. The highest BCUT2D eigenvalue weighted by molar-refractivity contribution is 7.56. The Morgan fingerprint density at radius 1 is 0.526 bits per heavy atom. The lowest BCUT2D eigenvalue weighted by molar-refractivity contribution is 0.00578. The summed E-state index contributed by atoms with van der Waals surface area (Å²) in [6.45, 7) is 16.0. The van der Waals surface area contributed by atoms with Crippen LogP contribution in [0.3, 0.4) is 0 Å². The van der Waals surface area contributed by atoms with E-state index in [9.17, 15) is 0 Å². The first-order chi connectivity index (χ1) is 8.36. The molecule has 2 fully saturated rings. The molecule has 0 aromatic heterocycles. The molecule has 112 valence electrons. The smallest absolute Gasteiger partial charge is 0.303 e. The molecule has 2 saturated heterocycles. The summed E-state index contributed by atoms with van der Waals surface area (Å²) in [5.74, 6) is 0. The third-order valence-corrected chi connectivity index (χ3v) is 7.73. The van der Waals surface area contributed by atoms with E-state index in [2.05, 4.69) is 0 Å². The van der Waals surface area contributed by atoms with Crippen LogP contribution in [-0.4, -0.2) is 22.4 Å². The minimum absolute atomic E-state index is 0.390. The summed E-state index contributed by atoms with van der Waals surface area (Å²) >= 11 is 0. The van der Waals surface area contributed by atoms with Crippen molar-refractivity contribution in [1.29, 1.82) is 0 Å². The third-order valence-electron chi connectivity index (χ3n) is 4.24. The van der Waals surface area contributed by atoms with Gasteiger partial charge in [0.2, 0.25) is 0 Å². The van der Waals surface area contributed by atoms with Crippen molar-refractivity contribution in [2.24, 2.45) is 0 Å². The number of rotatable bonds is 2. The van der Waals surface area contributed by atoms with Gasteiger partial charge in [0.25, 0.3) is 0 Å². The van der Waals surface area contributed by atoms with Gasteiger partial charge in [0.1, 0.15) is 22.4 Å². The van der Waals surface area contributed by atoms with E-state index in [1.165, 1.54) is 0 Å². The van der Waals surface area contributed by atoms with Crippen LogP contribution in [0.5, 0.6) is 0 Å². The van der Waals surface area contributed by atoms with Gasteiger partial charge >= 0.3 is 17.2 Å². The Balaban J connectivity index is 1.99. The van der Waals surface area contributed by atoms with Crippen molar-refractivity contribution in [3.8, 4) is 0 Å². The van der Waals surface area contributed by atoms with Crippen LogP contribution in [-0.2, 0) is 22.4 Å². The van der Waals surface area contributed by atoms with Crippen LogP contribution >= 0.6 is 17.2 Å². The zero-order chi connectivity index (χ0) is 14.7. The molecular formula is C12H24O5P2. The van der Waals surface area contributed by atoms with Crippen molar-refractivity contribution in [3.63, 3.8) is 0 Å². The van der Waals surface area contributed by atoms with Gasteiger partial charge in [-0.3, -0.25) is 0 Å². The van der Waals surface area contributed by atoms with Gasteiger partial charge in [-0.05, 0) is 55.4 Å². The van der Waals surface area contributed by atoms with Crippen molar-refractivity contribution < 1.29 is 22.4 Å². The second-order valence-electron chi connectivity index (χ2n) is 6.94. The van der Waals surface area contributed by atoms with E-state index in [-0.39, 0.29) is 0 Å². The van der Waals surface area contributed by atoms with Crippen molar-refractivity contribution in [3.05, 3.63) is 0 Å². The molecule has 0 aromatic rings. The van der Waals surface area contributed by atoms with E-state index in [0.29, 0.717) is 0 Å². The maximum atomic E-state index is 5.84. The topological polar surface area (TPSA) is 46.2 Å². The lowest BCUT2D eigenvalue weighted by Gasteiger charge is -2.29. The summed E-state index contributed by atoms with van der Waals surface area (Å²) < 4.78 is 29.1. The molecule has 7 heteroatoms. The van der Waals surface area contributed by atoms with Crippen molar-refractivity contribution in [1.82, 2.24) is 0 Å². The predicted molar refractivity (Wildman–Crippen MR) is 75.6 cm³/mol. The fourth-order valence-corrected chi connectivity index (χ4v) is 4.76. The minimum atomic E-state index is -1.44. The van der Waals surface area contributed by atoms with Gasteiger partial charge in [-0.1, -0.05) is 0 Å². The molecule has 0 spiro atoms. The largest absolute Gasteiger partial charge is 0.341 e. The van der Waals surface area contributed by atoms with Crippen LogP contribution in [0.1, 0.15) is 55.4 Å².